The fraction of sp³-hybridized carbons (Fsp3) is 0.625. The Morgan fingerprint density at radius 2 is 1.94 bits per heavy atom. The first kappa shape index (κ1) is 13.6. The minimum absolute atomic E-state index is 0.329. The van der Waals surface area contributed by atoms with Crippen LogP contribution >= 0.6 is 0 Å². The predicted molar refractivity (Wildman–Crippen MR) is 75.6 cm³/mol. The van der Waals surface area contributed by atoms with Gasteiger partial charge in [-0.15, -0.1) is 0 Å². The van der Waals surface area contributed by atoms with Crippen LogP contribution in [0.1, 0.15) is 38.2 Å². The van der Waals surface area contributed by atoms with E-state index < -0.39 is 0 Å². The standard InChI is InChI=1S/C16H25NO/c1-13(11-14-7-3-2-4-8-14)17-16-10-6-5-9-15(16)12-18/h2-4,7-8,13,15-18H,5-6,9-12H2,1H3. The number of aliphatic hydroxyl groups is 1. The van der Waals surface area contributed by atoms with Crippen LogP contribution in [0, 0.1) is 5.92 Å². The Labute approximate surface area is 110 Å². The van der Waals surface area contributed by atoms with E-state index in [1.165, 1.54) is 31.2 Å². The molecule has 0 saturated heterocycles. The van der Waals surface area contributed by atoms with Gasteiger partial charge >= 0.3 is 0 Å². The lowest BCUT2D eigenvalue weighted by Crippen LogP contribution is -2.45. The predicted octanol–water partition coefficient (Wildman–Crippen LogP) is 2.76. The molecule has 0 radical (unpaired) electrons. The molecule has 1 aliphatic rings. The summed E-state index contributed by atoms with van der Waals surface area (Å²) in [4.78, 5) is 0. The molecule has 0 aromatic heterocycles. The van der Waals surface area contributed by atoms with Crippen LogP contribution in [0.5, 0.6) is 0 Å². The van der Waals surface area contributed by atoms with Gasteiger partial charge in [0.15, 0.2) is 0 Å². The summed E-state index contributed by atoms with van der Waals surface area (Å²) in [6.45, 7) is 2.58. The van der Waals surface area contributed by atoms with Crippen LogP contribution in [0.2, 0.25) is 0 Å². The van der Waals surface area contributed by atoms with E-state index in [2.05, 4.69) is 42.6 Å². The van der Waals surface area contributed by atoms with E-state index in [0.29, 0.717) is 24.6 Å². The molecule has 0 bridgehead atoms. The first-order valence-corrected chi connectivity index (χ1v) is 7.20. The largest absolute Gasteiger partial charge is 0.396 e. The highest BCUT2D eigenvalue weighted by Gasteiger charge is 2.25. The van der Waals surface area contributed by atoms with Gasteiger partial charge in [-0.3, -0.25) is 0 Å². The lowest BCUT2D eigenvalue weighted by molar-refractivity contribution is 0.147. The first-order valence-electron chi connectivity index (χ1n) is 7.20. The van der Waals surface area contributed by atoms with Gasteiger partial charge < -0.3 is 10.4 Å². The van der Waals surface area contributed by atoms with E-state index >= 15 is 0 Å². The normalized spacial score (nSPS) is 25.9. The fourth-order valence-electron chi connectivity index (χ4n) is 3.04. The molecule has 2 rings (SSSR count). The van der Waals surface area contributed by atoms with E-state index in [0.717, 1.165) is 6.42 Å². The monoisotopic (exact) mass is 247 g/mol. The van der Waals surface area contributed by atoms with Crippen molar-refractivity contribution in [3.63, 3.8) is 0 Å². The Morgan fingerprint density at radius 3 is 2.67 bits per heavy atom. The van der Waals surface area contributed by atoms with Gasteiger partial charge in [0.05, 0.1) is 0 Å². The van der Waals surface area contributed by atoms with Crippen LogP contribution in [0.3, 0.4) is 0 Å². The molecule has 18 heavy (non-hydrogen) atoms. The summed E-state index contributed by atoms with van der Waals surface area (Å²) in [7, 11) is 0. The van der Waals surface area contributed by atoms with Gasteiger partial charge in [-0.1, -0.05) is 43.2 Å². The molecule has 1 aromatic carbocycles. The van der Waals surface area contributed by atoms with Crippen molar-refractivity contribution in [3.05, 3.63) is 35.9 Å². The molecule has 100 valence electrons. The Balaban J connectivity index is 1.84. The maximum absolute atomic E-state index is 9.42. The fourth-order valence-corrected chi connectivity index (χ4v) is 3.04. The number of nitrogens with one attached hydrogen (secondary N) is 1. The van der Waals surface area contributed by atoms with Crippen molar-refractivity contribution in [2.75, 3.05) is 6.61 Å². The summed E-state index contributed by atoms with van der Waals surface area (Å²) >= 11 is 0. The third kappa shape index (κ3) is 3.82. The molecule has 0 aliphatic heterocycles. The SMILES string of the molecule is CC(Cc1ccccc1)NC1CCCCC1CO. The summed E-state index contributed by atoms with van der Waals surface area (Å²) in [6.07, 6.45) is 6.02. The molecule has 2 N–H and O–H groups in total. The average Bonchev–Trinajstić information content (AvgIpc) is 2.40. The molecule has 0 spiro atoms. The van der Waals surface area contributed by atoms with Crippen molar-refractivity contribution in [1.29, 1.82) is 0 Å². The summed E-state index contributed by atoms with van der Waals surface area (Å²) in [5, 5.41) is 13.1. The highest BCUT2D eigenvalue weighted by molar-refractivity contribution is 5.15. The zero-order valence-electron chi connectivity index (χ0n) is 11.3. The third-order valence-electron chi connectivity index (χ3n) is 4.03. The van der Waals surface area contributed by atoms with Crippen LogP contribution in [-0.4, -0.2) is 23.8 Å². The van der Waals surface area contributed by atoms with Crippen molar-refractivity contribution in [2.24, 2.45) is 5.92 Å². The summed E-state index contributed by atoms with van der Waals surface area (Å²) < 4.78 is 0. The van der Waals surface area contributed by atoms with Crippen molar-refractivity contribution in [1.82, 2.24) is 5.32 Å². The average molecular weight is 247 g/mol. The topological polar surface area (TPSA) is 32.3 Å². The molecular weight excluding hydrogens is 222 g/mol. The molecule has 0 heterocycles. The van der Waals surface area contributed by atoms with Gasteiger partial charge in [-0.2, -0.15) is 0 Å². The van der Waals surface area contributed by atoms with Gasteiger partial charge in [0.1, 0.15) is 0 Å². The molecule has 2 nitrogen and oxygen atoms in total. The van der Waals surface area contributed by atoms with Crippen LogP contribution in [0.25, 0.3) is 0 Å². The van der Waals surface area contributed by atoms with E-state index in [1.807, 2.05) is 0 Å². The molecule has 1 aromatic rings. The molecule has 1 aliphatic carbocycles. The first-order chi connectivity index (χ1) is 8.79. The minimum atomic E-state index is 0.329. The van der Waals surface area contributed by atoms with E-state index in [1.54, 1.807) is 0 Å². The molecular formula is C16H25NO. The van der Waals surface area contributed by atoms with Crippen LogP contribution < -0.4 is 5.32 Å². The highest BCUT2D eigenvalue weighted by Crippen LogP contribution is 2.24. The molecule has 3 atom stereocenters. The van der Waals surface area contributed by atoms with Crippen molar-refractivity contribution in [3.8, 4) is 0 Å². The van der Waals surface area contributed by atoms with E-state index in [-0.39, 0.29) is 0 Å². The van der Waals surface area contributed by atoms with E-state index in [4.69, 9.17) is 0 Å². The maximum Gasteiger partial charge on any atom is 0.0474 e. The molecule has 0 amide bonds. The molecule has 2 heteroatoms. The van der Waals surface area contributed by atoms with Crippen LogP contribution in [0.15, 0.2) is 30.3 Å². The maximum atomic E-state index is 9.42. The summed E-state index contributed by atoms with van der Waals surface area (Å²) in [6, 6.07) is 11.6. The zero-order chi connectivity index (χ0) is 12.8. The molecule has 1 fully saturated rings. The molecule has 1 saturated carbocycles. The van der Waals surface area contributed by atoms with Gasteiger partial charge in [0.2, 0.25) is 0 Å². The van der Waals surface area contributed by atoms with Crippen molar-refractivity contribution >= 4 is 0 Å². The van der Waals surface area contributed by atoms with Crippen molar-refractivity contribution < 1.29 is 5.11 Å². The van der Waals surface area contributed by atoms with E-state index in [9.17, 15) is 5.11 Å². The van der Waals surface area contributed by atoms with Gasteiger partial charge in [0, 0.05) is 18.7 Å². The number of aliphatic hydroxyl groups excluding tert-OH is 1. The number of rotatable bonds is 5. The minimum Gasteiger partial charge on any atom is -0.396 e. The van der Waals surface area contributed by atoms with Crippen LogP contribution in [0.4, 0.5) is 0 Å². The second kappa shape index (κ2) is 6.91. The van der Waals surface area contributed by atoms with Gasteiger partial charge in [0.25, 0.3) is 0 Å². The zero-order valence-corrected chi connectivity index (χ0v) is 11.3. The number of benzene rings is 1. The Bertz CT molecular complexity index is 338. The summed E-state index contributed by atoms with van der Waals surface area (Å²) in [5.74, 6) is 0.456. The Morgan fingerprint density at radius 1 is 1.22 bits per heavy atom. The second-order valence-corrected chi connectivity index (χ2v) is 5.59. The third-order valence-corrected chi connectivity index (χ3v) is 4.03. The van der Waals surface area contributed by atoms with Gasteiger partial charge in [-0.25, -0.2) is 0 Å². The van der Waals surface area contributed by atoms with Crippen LogP contribution in [-0.2, 0) is 6.42 Å². The summed E-state index contributed by atoms with van der Waals surface area (Å²) in [5.41, 5.74) is 1.38. The van der Waals surface area contributed by atoms with Gasteiger partial charge in [-0.05, 0) is 37.7 Å². The second-order valence-electron chi connectivity index (χ2n) is 5.59. The smallest absolute Gasteiger partial charge is 0.0474 e. The Hall–Kier alpha value is -0.860. The Kier molecular flexibility index (Phi) is 5.21. The highest BCUT2D eigenvalue weighted by atomic mass is 16.3. The quantitative estimate of drug-likeness (QED) is 0.838. The molecule has 3 unspecified atom stereocenters. The van der Waals surface area contributed by atoms with Crippen molar-refractivity contribution in [2.45, 2.75) is 51.1 Å². The lowest BCUT2D eigenvalue weighted by Gasteiger charge is -2.33. The number of hydrogen-bond acceptors (Lipinski definition) is 2. The lowest BCUT2D eigenvalue weighted by atomic mass is 9.84. The number of hydrogen-bond donors (Lipinski definition) is 2.